The summed E-state index contributed by atoms with van der Waals surface area (Å²) >= 11 is 1.96. The van der Waals surface area contributed by atoms with E-state index in [9.17, 15) is 12.8 Å². The zero-order chi connectivity index (χ0) is 10.9. The molecule has 0 atom stereocenters. The zero-order valence-electron chi connectivity index (χ0n) is 7.66. The molecule has 0 saturated heterocycles. The van der Waals surface area contributed by atoms with Gasteiger partial charge in [0.25, 0.3) is 0 Å². The number of hydrogen-bond acceptors (Lipinski definition) is 2. The van der Waals surface area contributed by atoms with E-state index in [0.717, 1.165) is 10.6 Å². The number of anilines is 1. The van der Waals surface area contributed by atoms with Gasteiger partial charge in [0.05, 0.1) is 11.9 Å². The Morgan fingerprint density at radius 3 is 2.50 bits per heavy atom. The fourth-order valence-corrected chi connectivity index (χ4v) is 2.28. The Morgan fingerprint density at radius 1 is 1.43 bits per heavy atom. The van der Waals surface area contributed by atoms with Gasteiger partial charge >= 0.3 is 0 Å². The first-order chi connectivity index (χ1) is 6.32. The Bertz CT molecular complexity index is 447. The highest BCUT2D eigenvalue weighted by molar-refractivity contribution is 14.1. The smallest absolute Gasteiger partial charge is 0.232 e. The van der Waals surface area contributed by atoms with E-state index in [1.807, 2.05) is 22.6 Å². The number of nitrogens with zero attached hydrogens (tertiary/aromatic N) is 1. The van der Waals surface area contributed by atoms with Crippen molar-refractivity contribution in [1.82, 2.24) is 0 Å². The van der Waals surface area contributed by atoms with Gasteiger partial charge in [-0.1, -0.05) is 0 Å². The van der Waals surface area contributed by atoms with E-state index in [0.29, 0.717) is 9.26 Å². The monoisotopic (exact) mass is 329 g/mol. The van der Waals surface area contributed by atoms with Crippen molar-refractivity contribution >= 4 is 38.3 Å². The highest BCUT2D eigenvalue weighted by atomic mass is 127. The second-order valence-electron chi connectivity index (χ2n) is 2.83. The van der Waals surface area contributed by atoms with E-state index >= 15 is 0 Å². The minimum absolute atomic E-state index is 0.355. The molecule has 14 heavy (non-hydrogen) atoms. The van der Waals surface area contributed by atoms with Crippen LogP contribution in [0.15, 0.2) is 18.2 Å². The zero-order valence-corrected chi connectivity index (χ0v) is 10.6. The van der Waals surface area contributed by atoms with Gasteiger partial charge in [0.1, 0.15) is 5.82 Å². The van der Waals surface area contributed by atoms with Crippen LogP contribution in [0.5, 0.6) is 0 Å². The van der Waals surface area contributed by atoms with Crippen molar-refractivity contribution in [1.29, 1.82) is 0 Å². The van der Waals surface area contributed by atoms with Gasteiger partial charge < -0.3 is 0 Å². The second kappa shape index (κ2) is 4.01. The highest BCUT2D eigenvalue weighted by Crippen LogP contribution is 2.24. The van der Waals surface area contributed by atoms with Crippen molar-refractivity contribution in [3.05, 3.63) is 27.6 Å². The fraction of sp³-hybridized carbons (Fsp3) is 0.250. The molecular weight excluding hydrogens is 320 g/mol. The fourth-order valence-electron chi connectivity index (χ4n) is 0.906. The molecule has 0 radical (unpaired) electrons. The standard InChI is InChI=1S/C8H9FINO2S/c1-11(14(2,12)13)8-5-6(9)3-4-7(8)10/h3-5H,1-2H3. The third-order valence-electron chi connectivity index (χ3n) is 1.74. The molecule has 0 amide bonds. The Balaban J connectivity index is 3.26. The third kappa shape index (κ3) is 2.57. The summed E-state index contributed by atoms with van der Waals surface area (Å²) < 4.78 is 37.0. The van der Waals surface area contributed by atoms with Crippen molar-refractivity contribution in [3.63, 3.8) is 0 Å². The molecule has 0 bridgehead atoms. The van der Waals surface area contributed by atoms with E-state index in [1.54, 1.807) is 0 Å². The lowest BCUT2D eigenvalue weighted by molar-refractivity contribution is 0.599. The molecule has 0 fully saturated rings. The maximum absolute atomic E-state index is 12.9. The molecule has 3 nitrogen and oxygen atoms in total. The van der Waals surface area contributed by atoms with E-state index < -0.39 is 15.8 Å². The van der Waals surface area contributed by atoms with Gasteiger partial charge in [-0.25, -0.2) is 12.8 Å². The Kier molecular flexibility index (Phi) is 3.36. The molecule has 0 saturated carbocycles. The summed E-state index contributed by atoms with van der Waals surface area (Å²) in [5.41, 5.74) is 0.355. The van der Waals surface area contributed by atoms with Crippen LogP contribution < -0.4 is 4.31 Å². The molecule has 0 aliphatic carbocycles. The lowest BCUT2D eigenvalue weighted by atomic mass is 10.3. The van der Waals surface area contributed by atoms with Crippen LogP contribution in [-0.2, 0) is 10.0 Å². The summed E-state index contributed by atoms with van der Waals surface area (Å²) in [4.78, 5) is 0. The molecule has 1 aromatic carbocycles. The number of sulfonamides is 1. The number of halogens is 2. The predicted molar refractivity (Wildman–Crippen MR) is 62.4 cm³/mol. The average Bonchev–Trinajstić information content (AvgIpc) is 2.06. The molecule has 0 aliphatic heterocycles. The van der Waals surface area contributed by atoms with E-state index in [1.165, 1.54) is 25.2 Å². The lowest BCUT2D eigenvalue weighted by Crippen LogP contribution is -2.25. The van der Waals surface area contributed by atoms with Gasteiger partial charge in [-0.15, -0.1) is 0 Å². The van der Waals surface area contributed by atoms with Crippen LogP contribution in [0.4, 0.5) is 10.1 Å². The molecule has 78 valence electrons. The summed E-state index contributed by atoms with van der Waals surface area (Å²) in [6, 6.07) is 4.02. The summed E-state index contributed by atoms with van der Waals surface area (Å²) in [6.07, 6.45) is 1.08. The van der Waals surface area contributed by atoms with Crippen molar-refractivity contribution in [2.24, 2.45) is 0 Å². The predicted octanol–water partition coefficient (Wildman–Crippen LogP) is 1.83. The van der Waals surface area contributed by atoms with Gasteiger partial charge in [0, 0.05) is 10.6 Å². The van der Waals surface area contributed by atoms with Gasteiger partial charge in [0.2, 0.25) is 10.0 Å². The minimum Gasteiger partial charge on any atom is -0.272 e. The normalized spacial score (nSPS) is 11.4. The average molecular weight is 329 g/mol. The van der Waals surface area contributed by atoms with Gasteiger partial charge in [0.15, 0.2) is 0 Å². The molecule has 0 unspecified atom stereocenters. The van der Waals surface area contributed by atoms with E-state index in [2.05, 4.69) is 0 Å². The first-order valence-corrected chi connectivity index (χ1v) is 6.64. The van der Waals surface area contributed by atoms with Crippen molar-refractivity contribution in [3.8, 4) is 0 Å². The summed E-state index contributed by atoms with van der Waals surface area (Å²) in [6.45, 7) is 0. The van der Waals surface area contributed by atoms with Crippen molar-refractivity contribution in [2.75, 3.05) is 17.6 Å². The minimum atomic E-state index is -3.33. The largest absolute Gasteiger partial charge is 0.272 e. The molecule has 0 N–H and O–H groups in total. The van der Waals surface area contributed by atoms with Crippen LogP contribution in [-0.4, -0.2) is 21.7 Å². The van der Waals surface area contributed by atoms with Crippen LogP contribution in [0.2, 0.25) is 0 Å². The van der Waals surface area contributed by atoms with Crippen molar-refractivity contribution < 1.29 is 12.8 Å². The van der Waals surface area contributed by atoms with Crippen LogP contribution in [0.1, 0.15) is 0 Å². The molecule has 6 heteroatoms. The highest BCUT2D eigenvalue weighted by Gasteiger charge is 2.15. The molecule has 0 aromatic heterocycles. The molecule has 0 heterocycles. The Labute approximate surface area is 96.1 Å². The van der Waals surface area contributed by atoms with Crippen LogP contribution in [0, 0.1) is 9.39 Å². The lowest BCUT2D eigenvalue weighted by Gasteiger charge is -2.17. The summed E-state index contributed by atoms with van der Waals surface area (Å²) in [5, 5.41) is 0. The molecule has 1 aromatic rings. The Hall–Kier alpha value is -0.370. The quantitative estimate of drug-likeness (QED) is 0.777. The maximum atomic E-state index is 12.9. The van der Waals surface area contributed by atoms with Crippen molar-refractivity contribution in [2.45, 2.75) is 0 Å². The first kappa shape index (κ1) is 11.7. The van der Waals surface area contributed by atoms with E-state index in [-0.39, 0.29) is 0 Å². The van der Waals surface area contributed by atoms with E-state index in [4.69, 9.17) is 0 Å². The number of rotatable bonds is 2. The van der Waals surface area contributed by atoms with Gasteiger partial charge in [-0.2, -0.15) is 0 Å². The maximum Gasteiger partial charge on any atom is 0.232 e. The topological polar surface area (TPSA) is 37.4 Å². The van der Waals surface area contributed by atoms with Crippen LogP contribution in [0.25, 0.3) is 0 Å². The molecule has 1 rings (SSSR count). The van der Waals surface area contributed by atoms with Gasteiger partial charge in [-0.3, -0.25) is 4.31 Å². The van der Waals surface area contributed by atoms with Crippen LogP contribution >= 0.6 is 22.6 Å². The molecule has 0 spiro atoms. The summed E-state index contributed by atoms with van der Waals surface area (Å²) in [7, 11) is -1.94. The number of benzene rings is 1. The molecule has 0 aliphatic rings. The SMILES string of the molecule is CN(c1cc(F)ccc1I)S(C)(=O)=O. The Morgan fingerprint density at radius 2 is 2.00 bits per heavy atom. The molecular formula is C8H9FINO2S. The summed E-state index contributed by atoms with van der Waals surface area (Å²) in [5.74, 6) is -0.448. The first-order valence-electron chi connectivity index (χ1n) is 3.71. The number of hydrogen-bond donors (Lipinski definition) is 0. The van der Waals surface area contributed by atoms with Crippen LogP contribution in [0.3, 0.4) is 0 Å². The second-order valence-corrected chi connectivity index (χ2v) is 6.00. The third-order valence-corrected chi connectivity index (χ3v) is 3.85. The van der Waals surface area contributed by atoms with Gasteiger partial charge in [-0.05, 0) is 40.8 Å².